The van der Waals surface area contributed by atoms with Crippen molar-refractivity contribution < 1.29 is 28.6 Å². The quantitative estimate of drug-likeness (QED) is 0.156. The number of oxime groups is 1. The van der Waals surface area contributed by atoms with E-state index in [2.05, 4.69) is 12.1 Å². The Labute approximate surface area is 190 Å². The lowest BCUT2D eigenvalue weighted by atomic mass is 10.0. The number of benzene rings is 2. The fourth-order valence-corrected chi connectivity index (χ4v) is 3.69. The highest BCUT2D eigenvalue weighted by molar-refractivity contribution is 6.06. The molecule has 0 saturated heterocycles. The van der Waals surface area contributed by atoms with Crippen LogP contribution in [-0.4, -0.2) is 40.6 Å². The van der Waals surface area contributed by atoms with Crippen molar-refractivity contribution in [1.29, 1.82) is 0 Å². The molecular weight excluding hydrogens is 410 g/mol. The number of carbonyl (C=O) groups excluding carboxylic acids is 1. The minimum Gasteiger partial charge on any atom is -0.496 e. The van der Waals surface area contributed by atoms with Gasteiger partial charge in [-0.05, 0) is 24.6 Å². The molecule has 2 aromatic carbocycles. The predicted molar refractivity (Wildman–Crippen MR) is 126 cm³/mol. The van der Waals surface area contributed by atoms with E-state index < -0.39 is 0 Å². The van der Waals surface area contributed by atoms with Gasteiger partial charge in [0.15, 0.2) is 0 Å². The van der Waals surface area contributed by atoms with E-state index in [-0.39, 0.29) is 5.97 Å². The van der Waals surface area contributed by atoms with Gasteiger partial charge in [-0.2, -0.15) is 0 Å². The van der Waals surface area contributed by atoms with E-state index >= 15 is 0 Å². The SMILES string of the molecule is CCCCCCCCCC(=O)ON=Cc1cc(OC)c2c(OC)ccc(OC)c2c1OC. The average molecular weight is 446 g/mol. The smallest absolute Gasteiger partial charge is 0.335 e. The highest BCUT2D eigenvalue weighted by Crippen LogP contribution is 2.45. The molecule has 0 atom stereocenters. The summed E-state index contributed by atoms with van der Waals surface area (Å²) in [7, 11) is 6.31. The highest BCUT2D eigenvalue weighted by Gasteiger charge is 2.20. The average Bonchev–Trinajstić information content (AvgIpc) is 2.82. The molecule has 2 aromatic rings. The highest BCUT2D eigenvalue weighted by atomic mass is 16.7. The number of carbonyl (C=O) groups is 1. The first-order valence-corrected chi connectivity index (χ1v) is 11.1. The van der Waals surface area contributed by atoms with Gasteiger partial charge in [0.05, 0.1) is 45.4 Å². The molecule has 0 amide bonds. The molecule has 0 fully saturated rings. The number of nitrogens with zero attached hydrogens (tertiary/aromatic N) is 1. The van der Waals surface area contributed by atoms with Gasteiger partial charge in [0.1, 0.15) is 23.0 Å². The van der Waals surface area contributed by atoms with Crippen LogP contribution in [0.3, 0.4) is 0 Å². The van der Waals surface area contributed by atoms with Gasteiger partial charge in [-0.25, -0.2) is 4.79 Å². The van der Waals surface area contributed by atoms with Gasteiger partial charge in [0.2, 0.25) is 0 Å². The van der Waals surface area contributed by atoms with Crippen molar-refractivity contribution in [2.24, 2.45) is 5.16 Å². The topological polar surface area (TPSA) is 75.6 Å². The lowest BCUT2D eigenvalue weighted by Gasteiger charge is -2.17. The van der Waals surface area contributed by atoms with Crippen LogP contribution in [0.2, 0.25) is 0 Å². The molecule has 0 aliphatic carbocycles. The molecule has 176 valence electrons. The summed E-state index contributed by atoms with van der Waals surface area (Å²) in [6.45, 7) is 2.20. The minimum absolute atomic E-state index is 0.347. The van der Waals surface area contributed by atoms with Crippen molar-refractivity contribution in [3.8, 4) is 23.0 Å². The van der Waals surface area contributed by atoms with Crippen molar-refractivity contribution in [1.82, 2.24) is 0 Å². The molecule has 0 spiro atoms. The zero-order valence-corrected chi connectivity index (χ0v) is 19.9. The van der Waals surface area contributed by atoms with E-state index in [1.165, 1.54) is 31.9 Å². The Morgan fingerprint density at radius 3 is 2.00 bits per heavy atom. The van der Waals surface area contributed by atoms with Crippen LogP contribution >= 0.6 is 0 Å². The Morgan fingerprint density at radius 2 is 1.41 bits per heavy atom. The second-order valence-corrected chi connectivity index (χ2v) is 7.49. The Morgan fingerprint density at radius 1 is 0.812 bits per heavy atom. The molecule has 0 bridgehead atoms. The lowest BCUT2D eigenvalue weighted by molar-refractivity contribution is -0.143. The van der Waals surface area contributed by atoms with Crippen molar-refractivity contribution in [3.63, 3.8) is 0 Å². The monoisotopic (exact) mass is 445 g/mol. The van der Waals surface area contributed by atoms with Gasteiger partial charge in [-0.15, -0.1) is 0 Å². The Hall–Kier alpha value is -2.96. The molecule has 0 heterocycles. The molecule has 0 N–H and O–H groups in total. The summed E-state index contributed by atoms with van der Waals surface area (Å²) in [5.41, 5.74) is 0.590. The fourth-order valence-electron chi connectivity index (χ4n) is 3.69. The number of fused-ring (bicyclic) bond motifs is 1. The number of ether oxygens (including phenoxy) is 4. The molecular formula is C25H35NO6. The van der Waals surface area contributed by atoms with Gasteiger partial charge in [-0.3, -0.25) is 0 Å². The number of rotatable bonds is 14. The number of hydrogen-bond donors (Lipinski definition) is 0. The van der Waals surface area contributed by atoms with Crippen LogP contribution in [0.4, 0.5) is 0 Å². The summed E-state index contributed by atoms with van der Waals surface area (Å²) in [5.74, 6) is 1.96. The van der Waals surface area contributed by atoms with Crippen LogP contribution in [0.1, 0.15) is 63.9 Å². The van der Waals surface area contributed by atoms with Crippen LogP contribution in [0.15, 0.2) is 23.4 Å². The third kappa shape index (κ3) is 6.52. The standard InChI is InChI=1S/C25H35NO6/c1-6-7-8-9-10-11-12-13-22(27)32-26-17-18-16-21(30-4)23-19(28-2)14-15-20(29-3)24(23)25(18)31-5/h14-17H,6-13H2,1-5H3. The zero-order chi connectivity index (χ0) is 23.3. The van der Waals surface area contributed by atoms with E-state index in [0.29, 0.717) is 40.4 Å². The van der Waals surface area contributed by atoms with E-state index in [4.69, 9.17) is 23.8 Å². The molecule has 7 heteroatoms. The van der Waals surface area contributed by atoms with E-state index in [1.54, 1.807) is 40.6 Å². The summed E-state index contributed by atoms with van der Waals surface area (Å²) in [4.78, 5) is 17.1. The van der Waals surface area contributed by atoms with Gasteiger partial charge in [-0.1, -0.05) is 50.6 Å². The molecule has 0 radical (unpaired) electrons. The van der Waals surface area contributed by atoms with Crippen LogP contribution in [0, 0.1) is 0 Å². The summed E-state index contributed by atoms with van der Waals surface area (Å²) >= 11 is 0. The first kappa shape index (κ1) is 25.3. The molecule has 0 aliphatic rings. The Kier molecular flexibility index (Phi) is 10.6. The maximum absolute atomic E-state index is 12.0. The van der Waals surface area contributed by atoms with Crippen molar-refractivity contribution >= 4 is 23.0 Å². The summed E-state index contributed by atoms with van der Waals surface area (Å²) < 4.78 is 22.3. The largest absolute Gasteiger partial charge is 0.496 e. The van der Waals surface area contributed by atoms with E-state index in [0.717, 1.165) is 24.6 Å². The van der Waals surface area contributed by atoms with E-state index in [9.17, 15) is 4.79 Å². The van der Waals surface area contributed by atoms with Crippen LogP contribution in [0.25, 0.3) is 10.8 Å². The molecule has 32 heavy (non-hydrogen) atoms. The van der Waals surface area contributed by atoms with Crippen molar-refractivity contribution in [2.75, 3.05) is 28.4 Å². The number of hydrogen-bond acceptors (Lipinski definition) is 7. The van der Waals surface area contributed by atoms with Crippen LogP contribution in [0.5, 0.6) is 23.0 Å². The second-order valence-electron chi connectivity index (χ2n) is 7.49. The van der Waals surface area contributed by atoms with Crippen LogP contribution < -0.4 is 18.9 Å². The Balaban J connectivity index is 2.13. The van der Waals surface area contributed by atoms with Crippen molar-refractivity contribution in [3.05, 3.63) is 23.8 Å². The fraction of sp³-hybridized carbons (Fsp3) is 0.520. The third-order valence-corrected chi connectivity index (χ3v) is 5.35. The predicted octanol–water partition coefficient (Wildman–Crippen LogP) is 5.89. The summed E-state index contributed by atoms with van der Waals surface area (Å²) in [5, 5.41) is 5.29. The molecule has 0 aliphatic heterocycles. The maximum atomic E-state index is 12.0. The van der Waals surface area contributed by atoms with Gasteiger partial charge >= 0.3 is 5.97 Å². The third-order valence-electron chi connectivity index (χ3n) is 5.35. The number of methoxy groups -OCH3 is 4. The second kappa shape index (κ2) is 13.5. The molecule has 7 nitrogen and oxygen atoms in total. The molecule has 2 rings (SSSR count). The Bertz CT molecular complexity index is 909. The normalized spacial score (nSPS) is 11.0. The van der Waals surface area contributed by atoms with E-state index in [1.807, 2.05) is 6.07 Å². The van der Waals surface area contributed by atoms with Gasteiger partial charge in [0.25, 0.3) is 0 Å². The molecule has 0 saturated carbocycles. The maximum Gasteiger partial charge on any atom is 0.335 e. The first-order chi connectivity index (χ1) is 15.6. The van der Waals surface area contributed by atoms with Crippen molar-refractivity contribution in [2.45, 2.75) is 58.3 Å². The lowest BCUT2D eigenvalue weighted by Crippen LogP contribution is -2.02. The number of unbranched alkanes of at least 4 members (excludes halogenated alkanes) is 6. The van der Waals surface area contributed by atoms with Gasteiger partial charge < -0.3 is 23.8 Å². The minimum atomic E-state index is -0.347. The summed E-state index contributed by atoms with van der Waals surface area (Å²) in [6.07, 6.45) is 9.78. The molecule has 0 unspecified atom stereocenters. The first-order valence-electron chi connectivity index (χ1n) is 11.1. The van der Waals surface area contributed by atoms with Crippen LogP contribution in [-0.2, 0) is 9.63 Å². The summed E-state index contributed by atoms with van der Waals surface area (Å²) in [6, 6.07) is 5.37. The van der Waals surface area contributed by atoms with Gasteiger partial charge in [0, 0.05) is 12.0 Å². The zero-order valence-electron chi connectivity index (χ0n) is 19.9. The molecule has 0 aromatic heterocycles.